The Morgan fingerprint density at radius 2 is 1.16 bits per heavy atom. The Morgan fingerprint density at radius 1 is 0.469 bits per heavy atom. The SMILES string of the molecule is c1ccc(N(c2ccccc2)c2ccc3c(c2)N(c2cccc4c2oc2ccccc24)c2cc4c(sc5ccccc54)c4c2B3n2c3cc5ccccc5cc3c3cccc-4c32)cc1. The van der Waals surface area contributed by atoms with Crippen LogP contribution in [-0.4, -0.2) is 11.3 Å². The van der Waals surface area contributed by atoms with Gasteiger partial charge in [-0.25, -0.2) is 0 Å². The fraction of sp³-hybridized carbons (Fsp3) is 0. The highest BCUT2D eigenvalue weighted by atomic mass is 32.1. The third-order valence-electron chi connectivity index (χ3n) is 13.9. The number of nitrogens with zero attached hydrogens (tertiary/aromatic N) is 3. The number of anilines is 6. The largest absolute Gasteiger partial charge is 0.454 e. The van der Waals surface area contributed by atoms with Crippen molar-refractivity contribution in [2.75, 3.05) is 9.80 Å². The second-order valence-electron chi connectivity index (χ2n) is 17.2. The Morgan fingerprint density at radius 3 is 1.98 bits per heavy atom. The van der Waals surface area contributed by atoms with Crippen molar-refractivity contribution in [1.29, 1.82) is 0 Å². The second kappa shape index (κ2) is 12.8. The van der Waals surface area contributed by atoms with E-state index in [9.17, 15) is 0 Å². The molecule has 6 heteroatoms. The number of rotatable bonds is 4. The maximum atomic E-state index is 6.96. The standard InChI is InChI=1S/C58H34BN3OS/c1-3-17-37(18-4-1)60(38-19-5-2-6-20-38)39-29-30-47-50(33-39)61(48-26-14-24-43-40-21-9-11-27-52(40)63-57(43)48)51-34-46-41-22-10-12-28-53(41)64-58(46)54-44-25-13-23-42-45-31-35-15-7-8-16-36(35)32-49(45)62(56(42)44)59(47)55(51)54/h1-34H. The van der Waals surface area contributed by atoms with Crippen LogP contribution in [0.1, 0.15) is 0 Å². The lowest BCUT2D eigenvalue weighted by Gasteiger charge is -2.41. The molecule has 4 nitrogen and oxygen atoms in total. The zero-order chi connectivity index (χ0) is 41.6. The Bertz CT molecular complexity index is 4070. The van der Waals surface area contributed by atoms with Gasteiger partial charge in [0.15, 0.2) is 5.58 Å². The van der Waals surface area contributed by atoms with E-state index in [2.05, 4.69) is 221 Å². The Balaban J connectivity index is 1.13. The van der Waals surface area contributed by atoms with Gasteiger partial charge in [-0.3, -0.25) is 0 Å². The van der Waals surface area contributed by atoms with Crippen LogP contribution in [0.15, 0.2) is 211 Å². The van der Waals surface area contributed by atoms with Crippen LogP contribution in [0.4, 0.5) is 34.1 Å². The number of benzene rings is 10. The van der Waals surface area contributed by atoms with E-state index in [-0.39, 0.29) is 6.85 Å². The quantitative estimate of drug-likeness (QED) is 0.165. The molecule has 296 valence electrons. The molecule has 0 saturated heterocycles. The van der Waals surface area contributed by atoms with E-state index in [4.69, 9.17) is 4.42 Å². The van der Waals surface area contributed by atoms with Crippen molar-refractivity contribution in [1.82, 2.24) is 4.48 Å². The van der Waals surface area contributed by atoms with Gasteiger partial charge in [0.25, 0.3) is 0 Å². The number of aromatic nitrogens is 1. The summed E-state index contributed by atoms with van der Waals surface area (Å²) in [6.07, 6.45) is 0. The lowest BCUT2D eigenvalue weighted by molar-refractivity contribution is 0.669. The molecule has 0 saturated carbocycles. The Hall–Kier alpha value is -8.06. The van der Waals surface area contributed by atoms with E-state index in [0.29, 0.717) is 0 Å². The first-order chi connectivity index (χ1) is 31.8. The van der Waals surface area contributed by atoms with Crippen LogP contribution in [0.5, 0.6) is 0 Å². The van der Waals surface area contributed by atoms with Gasteiger partial charge in [0.1, 0.15) is 5.58 Å². The molecule has 10 aromatic carbocycles. The van der Waals surface area contributed by atoms with Gasteiger partial charge in [-0.2, -0.15) is 0 Å². The lowest BCUT2D eigenvalue weighted by atomic mass is 9.45. The highest BCUT2D eigenvalue weighted by Gasteiger charge is 2.44. The maximum absolute atomic E-state index is 6.96. The van der Waals surface area contributed by atoms with Crippen LogP contribution in [0.25, 0.3) is 85.8 Å². The van der Waals surface area contributed by atoms with Gasteiger partial charge in [-0.15, -0.1) is 11.3 Å². The molecule has 0 spiro atoms. The molecule has 2 aliphatic heterocycles. The van der Waals surface area contributed by atoms with E-state index in [0.717, 1.165) is 50.4 Å². The molecule has 0 fully saturated rings. The van der Waals surface area contributed by atoms with Crippen LogP contribution >= 0.6 is 11.3 Å². The summed E-state index contributed by atoms with van der Waals surface area (Å²) >= 11 is 1.92. The first kappa shape index (κ1) is 34.5. The molecule has 0 radical (unpaired) electrons. The van der Waals surface area contributed by atoms with Crippen molar-refractivity contribution >= 4 is 138 Å². The van der Waals surface area contributed by atoms with Gasteiger partial charge in [0.05, 0.1) is 5.69 Å². The highest BCUT2D eigenvalue weighted by Crippen LogP contribution is 2.52. The summed E-state index contributed by atoms with van der Waals surface area (Å²) in [5, 5.41) is 9.85. The molecule has 2 aliphatic rings. The predicted molar refractivity (Wildman–Crippen MR) is 272 cm³/mol. The summed E-state index contributed by atoms with van der Waals surface area (Å²) in [7, 11) is 0. The fourth-order valence-electron chi connectivity index (χ4n) is 11.3. The van der Waals surface area contributed by atoms with E-state index in [1.54, 1.807) is 0 Å². The molecular formula is C58H34BN3OS. The molecule has 0 unspecified atom stereocenters. The van der Waals surface area contributed by atoms with Crippen molar-refractivity contribution in [3.8, 4) is 11.1 Å². The lowest BCUT2D eigenvalue weighted by Crippen LogP contribution is -2.56. The number of thiophene rings is 1. The van der Waals surface area contributed by atoms with Gasteiger partial charge in [-0.1, -0.05) is 133 Å². The van der Waals surface area contributed by atoms with Crippen LogP contribution in [0.2, 0.25) is 0 Å². The first-order valence-corrected chi connectivity index (χ1v) is 22.8. The second-order valence-corrected chi connectivity index (χ2v) is 18.2. The van der Waals surface area contributed by atoms with E-state index < -0.39 is 0 Å². The molecule has 3 aromatic heterocycles. The van der Waals surface area contributed by atoms with Gasteiger partial charge < -0.3 is 18.7 Å². The van der Waals surface area contributed by atoms with Gasteiger partial charge in [-0.05, 0) is 94.5 Å². The molecule has 64 heavy (non-hydrogen) atoms. The Kier molecular flexibility index (Phi) is 6.88. The van der Waals surface area contributed by atoms with E-state index >= 15 is 0 Å². The van der Waals surface area contributed by atoms with Crippen molar-refractivity contribution in [3.05, 3.63) is 206 Å². The van der Waals surface area contributed by atoms with E-state index in [1.807, 2.05) is 11.3 Å². The molecule has 0 aliphatic carbocycles. The van der Waals surface area contributed by atoms with Crippen molar-refractivity contribution in [3.63, 3.8) is 0 Å². The van der Waals surface area contributed by atoms with Crippen LogP contribution in [0, 0.1) is 0 Å². The van der Waals surface area contributed by atoms with Gasteiger partial charge in [0.2, 0.25) is 0 Å². The smallest absolute Gasteiger partial charge is 0.333 e. The van der Waals surface area contributed by atoms with Crippen molar-refractivity contribution < 1.29 is 4.42 Å². The molecular weight excluding hydrogens is 798 g/mol. The topological polar surface area (TPSA) is 24.6 Å². The van der Waals surface area contributed by atoms with E-state index in [1.165, 1.54) is 80.5 Å². The summed E-state index contributed by atoms with van der Waals surface area (Å²) in [4.78, 5) is 4.91. The van der Waals surface area contributed by atoms with Gasteiger partial charge >= 0.3 is 6.85 Å². The van der Waals surface area contributed by atoms with Crippen molar-refractivity contribution in [2.45, 2.75) is 0 Å². The average molecular weight is 832 g/mol. The molecule has 0 amide bonds. The maximum Gasteiger partial charge on any atom is 0.333 e. The summed E-state index contributed by atoms with van der Waals surface area (Å²) in [6, 6.07) is 75.8. The zero-order valence-electron chi connectivity index (χ0n) is 34.4. The van der Waals surface area contributed by atoms with Crippen LogP contribution in [-0.2, 0) is 0 Å². The summed E-state index contributed by atoms with van der Waals surface area (Å²) in [5.41, 5.74) is 16.1. The first-order valence-electron chi connectivity index (χ1n) is 22.0. The normalized spacial score (nSPS) is 12.9. The molecule has 0 atom stereocenters. The number of furan rings is 1. The molecule has 0 bridgehead atoms. The number of para-hydroxylation sites is 5. The predicted octanol–water partition coefficient (Wildman–Crippen LogP) is 15.1. The monoisotopic (exact) mass is 831 g/mol. The van der Waals surface area contributed by atoms with Crippen LogP contribution < -0.4 is 20.7 Å². The number of hydrogen-bond donors (Lipinski definition) is 0. The minimum Gasteiger partial charge on any atom is -0.454 e. The molecule has 15 rings (SSSR count). The average Bonchev–Trinajstić information content (AvgIpc) is 4.03. The van der Waals surface area contributed by atoms with Gasteiger partial charge in [0, 0.05) is 92.3 Å². The number of fused-ring (bicyclic) bond motifs is 15. The molecule has 13 aromatic rings. The fourth-order valence-corrected chi connectivity index (χ4v) is 12.5. The minimum absolute atomic E-state index is 0.118. The number of hydrogen-bond acceptors (Lipinski definition) is 4. The molecule has 0 N–H and O–H groups in total. The Labute approximate surface area is 372 Å². The zero-order valence-corrected chi connectivity index (χ0v) is 35.2. The molecule has 5 heterocycles. The summed E-state index contributed by atoms with van der Waals surface area (Å²) in [5.74, 6) is 0. The van der Waals surface area contributed by atoms with Crippen molar-refractivity contribution in [2.24, 2.45) is 0 Å². The third-order valence-corrected chi connectivity index (χ3v) is 15.1. The summed E-state index contributed by atoms with van der Waals surface area (Å²) < 4.78 is 12.3. The minimum atomic E-state index is -0.118. The summed E-state index contributed by atoms with van der Waals surface area (Å²) in [6.45, 7) is -0.118. The third kappa shape index (κ3) is 4.57. The van der Waals surface area contributed by atoms with Crippen LogP contribution in [0.3, 0.4) is 0 Å². The highest BCUT2D eigenvalue weighted by molar-refractivity contribution is 7.26.